The van der Waals surface area contributed by atoms with Gasteiger partial charge in [-0.2, -0.15) is 13.2 Å². The Hall–Kier alpha value is -3.40. The van der Waals surface area contributed by atoms with E-state index in [9.17, 15) is 18.0 Å². The van der Waals surface area contributed by atoms with Crippen LogP contribution in [0, 0.1) is 13.8 Å². The molecular weight excluding hydrogens is 481 g/mol. The lowest BCUT2D eigenvalue weighted by molar-refractivity contribution is -0.139. The lowest BCUT2D eigenvalue weighted by atomic mass is 10.0. The first-order chi connectivity index (χ1) is 16.6. The molecule has 0 spiro atoms. The summed E-state index contributed by atoms with van der Waals surface area (Å²) in [6.45, 7) is 5.43. The number of hydrogen-bond donors (Lipinski definition) is 1. The third kappa shape index (κ3) is 7.05. The molecule has 1 aromatic heterocycles. The molecule has 1 heterocycles. The van der Waals surface area contributed by atoms with Gasteiger partial charge in [0.25, 0.3) is 0 Å². The van der Waals surface area contributed by atoms with Gasteiger partial charge in [0.05, 0.1) is 21.8 Å². The molecule has 0 atom stereocenters. The normalized spacial score (nSPS) is 12.0. The Morgan fingerprint density at radius 3 is 2.46 bits per heavy atom. The number of nitrogens with zero attached hydrogens (tertiary/aromatic N) is 2. The molecule has 3 aromatic rings. The molecule has 0 bridgehead atoms. The lowest BCUT2D eigenvalue weighted by Gasteiger charge is -2.11. The van der Waals surface area contributed by atoms with Gasteiger partial charge in [0.15, 0.2) is 13.2 Å². The van der Waals surface area contributed by atoms with Crippen molar-refractivity contribution >= 4 is 23.0 Å². The minimum absolute atomic E-state index is 0.177. The summed E-state index contributed by atoms with van der Waals surface area (Å²) in [4.78, 5) is 21.7. The van der Waals surface area contributed by atoms with Gasteiger partial charge in [-0.05, 0) is 61.7 Å². The van der Waals surface area contributed by atoms with Crippen LogP contribution in [0.1, 0.15) is 47.0 Å². The van der Waals surface area contributed by atoms with Gasteiger partial charge in [-0.1, -0.05) is 30.6 Å². The molecule has 0 amide bonds. The highest BCUT2D eigenvalue weighted by atomic mass is 32.1. The molecule has 186 valence electrons. The van der Waals surface area contributed by atoms with E-state index in [1.165, 1.54) is 23.5 Å². The smallest absolute Gasteiger partial charge is 0.416 e. The maximum absolute atomic E-state index is 12.8. The van der Waals surface area contributed by atoms with Crippen LogP contribution in [-0.4, -0.2) is 28.4 Å². The third-order valence-electron chi connectivity index (χ3n) is 5.07. The Morgan fingerprint density at radius 2 is 1.86 bits per heavy atom. The highest BCUT2D eigenvalue weighted by Gasteiger charge is 2.30. The van der Waals surface area contributed by atoms with Gasteiger partial charge in [0, 0.05) is 5.56 Å². The van der Waals surface area contributed by atoms with E-state index in [0.29, 0.717) is 22.7 Å². The van der Waals surface area contributed by atoms with Crippen LogP contribution in [0.5, 0.6) is 5.75 Å². The Labute approximate surface area is 205 Å². The van der Waals surface area contributed by atoms with Crippen LogP contribution in [-0.2, 0) is 22.4 Å². The largest absolute Gasteiger partial charge is 0.482 e. The summed E-state index contributed by atoms with van der Waals surface area (Å²) >= 11 is 1.35. The molecule has 0 saturated carbocycles. The first kappa shape index (κ1) is 26.2. The standard InChI is InChI=1S/C25H25F3N2O4S/c1-4-5-20(18-8-11-21(15(2)12-18)33-14-23(31)32)30-34-13-22-16(3)29-24(35-22)17-6-9-19(10-7-17)25(26,27)28/h6-12H,4-5,13-14H2,1-3H3,(H,31,32)/b30-20+. The van der Waals surface area contributed by atoms with Gasteiger partial charge in [-0.3, -0.25) is 0 Å². The summed E-state index contributed by atoms with van der Waals surface area (Å²) < 4.78 is 43.7. The highest BCUT2D eigenvalue weighted by Crippen LogP contribution is 2.33. The Balaban J connectivity index is 1.71. The highest BCUT2D eigenvalue weighted by molar-refractivity contribution is 7.15. The van der Waals surface area contributed by atoms with E-state index in [1.54, 1.807) is 6.07 Å². The first-order valence-electron chi connectivity index (χ1n) is 10.9. The van der Waals surface area contributed by atoms with Gasteiger partial charge in [0.2, 0.25) is 0 Å². The predicted octanol–water partition coefficient (Wildman–Crippen LogP) is 6.63. The van der Waals surface area contributed by atoms with Crippen molar-refractivity contribution < 1.29 is 32.6 Å². The predicted molar refractivity (Wildman–Crippen MR) is 128 cm³/mol. The molecule has 0 fully saturated rings. The summed E-state index contributed by atoms with van der Waals surface area (Å²) in [5, 5.41) is 13.7. The number of thiazole rings is 1. The van der Waals surface area contributed by atoms with Crippen LogP contribution in [0.3, 0.4) is 0 Å². The van der Waals surface area contributed by atoms with E-state index in [4.69, 9.17) is 14.7 Å². The molecule has 1 N–H and O–H groups in total. The van der Waals surface area contributed by atoms with Crippen molar-refractivity contribution in [2.24, 2.45) is 5.16 Å². The van der Waals surface area contributed by atoms with Crippen LogP contribution in [0.2, 0.25) is 0 Å². The third-order valence-corrected chi connectivity index (χ3v) is 6.25. The molecule has 0 saturated heterocycles. The number of carboxylic acid groups (broad SMARTS) is 1. The molecule has 0 radical (unpaired) electrons. The number of carbonyl (C=O) groups is 1. The van der Waals surface area contributed by atoms with Gasteiger partial charge in [-0.25, -0.2) is 9.78 Å². The number of alkyl halides is 3. The molecule has 10 heteroatoms. The molecule has 0 aliphatic heterocycles. The van der Waals surface area contributed by atoms with Crippen LogP contribution in [0.15, 0.2) is 47.6 Å². The van der Waals surface area contributed by atoms with Crippen LogP contribution < -0.4 is 4.74 Å². The van der Waals surface area contributed by atoms with Gasteiger partial charge >= 0.3 is 12.1 Å². The molecule has 0 aliphatic rings. The van der Waals surface area contributed by atoms with E-state index in [-0.39, 0.29) is 6.61 Å². The summed E-state index contributed by atoms with van der Waals surface area (Å²) in [6, 6.07) is 10.3. The second-order valence-electron chi connectivity index (χ2n) is 7.83. The van der Waals surface area contributed by atoms with Crippen molar-refractivity contribution in [3.05, 3.63) is 69.7 Å². The number of benzene rings is 2. The average molecular weight is 507 g/mol. The SMILES string of the molecule is CCC/C(=N\OCc1sc(-c2ccc(C(F)(F)F)cc2)nc1C)c1ccc(OCC(=O)O)c(C)c1. The number of aromatic nitrogens is 1. The quantitative estimate of drug-likeness (QED) is 0.247. The fourth-order valence-corrected chi connectivity index (χ4v) is 4.24. The second kappa shape index (κ2) is 11.4. The molecular formula is C25H25F3N2O4S. The Kier molecular flexibility index (Phi) is 8.50. The fourth-order valence-electron chi connectivity index (χ4n) is 3.27. The molecule has 35 heavy (non-hydrogen) atoms. The number of rotatable bonds is 10. The molecule has 2 aromatic carbocycles. The van der Waals surface area contributed by atoms with Crippen LogP contribution in [0.25, 0.3) is 10.6 Å². The van der Waals surface area contributed by atoms with E-state index in [1.807, 2.05) is 32.9 Å². The van der Waals surface area contributed by atoms with Crippen molar-refractivity contribution in [1.82, 2.24) is 4.98 Å². The summed E-state index contributed by atoms with van der Waals surface area (Å²) in [5.41, 5.74) is 3.00. The lowest BCUT2D eigenvalue weighted by Crippen LogP contribution is -2.10. The number of aryl methyl sites for hydroxylation is 2. The van der Waals surface area contributed by atoms with Crippen LogP contribution >= 0.6 is 11.3 Å². The number of ether oxygens (including phenoxy) is 1. The number of aliphatic carboxylic acids is 1. The van der Waals surface area contributed by atoms with E-state index >= 15 is 0 Å². The Bertz CT molecular complexity index is 1200. The zero-order valence-electron chi connectivity index (χ0n) is 19.5. The number of oxime groups is 1. The van der Waals surface area contributed by atoms with E-state index < -0.39 is 24.3 Å². The van der Waals surface area contributed by atoms with Crippen molar-refractivity contribution in [3.63, 3.8) is 0 Å². The zero-order valence-corrected chi connectivity index (χ0v) is 20.3. The number of carboxylic acids is 1. The number of hydrogen-bond acceptors (Lipinski definition) is 6. The van der Waals surface area contributed by atoms with Gasteiger partial charge in [0.1, 0.15) is 10.8 Å². The van der Waals surface area contributed by atoms with Crippen molar-refractivity contribution in [2.45, 2.75) is 46.4 Å². The maximum Gasteiger partial charge on any atom is 0.416 e. The fraction of sp³-hybridized carbons (Fsp3) is 0.320. The minimum Gasteiger partial charge on any atom is -0.482 e. The van der Waals surface area contributed by atoms with Gasteiger partial charge in [-0.15, -0.1) is 11.3 Å². The topological polar surface area (TPSA) is 81.0 Å². The van der Waals surface area contributed by atoms with Crippen molar-refractivity contribution in [1.29, 1.82) is 0 Å². The van der Waals surface area contributed by atoms with Crippen molar-refractivity contribution in [3.8, 4) is 16.3 Å². The van der Waals surface area contributed by atoms with E-state index in [2.05, 4.69) is 10.1 Å². The monoisotopic (exact) mass is 506 g/mol. The summed E-state index contributed by atoms with van der Waals surface area (Å²) in [7, 11) is 0. The first-order valence-corrected chi connectivity index (χ1v) is 11.7. The summed E-state index contributed by atoms with van der Waals surface area (Å²) in [5.74, 6) is -0.557. The zero-order chi connectivity index (χ0) is 25.6. The van der Waals surface area contributed by atoms with Gasteiger partial charge < -0.3 is 14.7 Å². The molecule has 0 unspecified atom stereocenters. The molecule has 0 aliphatic carbocycles. The minimum atomic E-state index is -4.38. The molecule has 3 rings (SSSR count). The van der Waals surface area contributed by atoms with Crippen LogP contribution in [0.4, 0.5) is 13.2 Å². The maximum atomic E-state index is 12.8. The number of halogens is 3. The second-order valence-corrected chi connectivity index (χ2v) is 8.91. The summed E-state index contributed by atoms with van der Waals surface area (Å²) in [6.07, 6.45) is -2.86. The van der Waals surface area contributed by atoms with Crippen molar-refractivity contribution in [2.75, 3.05) is 6.61 Å². The Morgan fingerprint density at radius 1 is 1.14 bits per heavy atom. The average Bonchev–Trinajstić information content (AvgIpc) is 3.17. The van der Waals surface area contributed by atoms with E-state index in [0.717, 1.165) is 46.0 Å². The molecule has 6 nitrogen and oxygen atoms in total.